The van der Waals surface area contributed by atoms with E-state index in [1.54, 1.807) is 0 Å². The average Bonchev–Trinajstić information content (AvgIpc) is 2.92. The van der Waals surface area contributed by atoms with Crippen LogP contribution in [0.25, 0.3) is 0 Å². The van der Waals surface area contributed by atoms with Crippen molar-refractivity contribution in [2.75, 3.05) is 11.9 Å². The molecule has 7 heteroatoms. The van der Waals surface area contributed by atoms with Gasteiger partial charge in [0.25, 0.3) is 5.88 Å². The van der Waals surface area contributed by atoms with Gasteiger partial charge in [-0.1, -0.05) is 26.2 Å². The van der Waals surface area contributed by atoms with Crippen LogP contribution in [-0.2, 0) is 0 Å². The summed E-state index contributed by atoms with van der Waals surface area (Å²) in [6, 6.07) is 0.257. The molecule has 1 fully saturated rings. The van der Waals surface area contributed by atoms with E-state index in [-0.39, 0.29) is 23.4 Å². The van der Waals surface area contributed by atoms with E-state index in [0.29, 0.717) is 6.61 Å². The number of nitro groups is 1. The van der Waals surface area contributed by atoms with Gasteiger partial charge in [0.05, 0.1) is 11.5 Å². The zero-order chi connectivity index (χ0) is 14.4. The first kappa shape index (κ1) is 14.5. The van der Waals surface area contributed by atoms with E-state index in [1.165, 1.54) is 6.33 Å². The molecule has 1 saturated carbocycles. The van der Waals surface area contributed by atoms with E-state index < -0.39 is 4.92 Å². The first-order valence-electron chi connectivity index (χ1n) is 7.11. The Morgan fingerprint density at radius 3 is 2.85 bits per heavy atom. The van der Waals surface area contributed by atoms with Crippen molar-refractivity contribution >= 4 is 11.5 Å². The lowest BCUT2D eigenvalue weighted by Crippen LogP contribution is -2.17. The first-order valence-corrected chi connectivity index (χ1v) is 7.11. The van der Waals surface area contributed by atoms with Crippen LogP contribution in [0.3, 0.4) is 0 Å². The van der Waals surface area contributed by atoms with Gasteiger partial charge in [0, 0.05) is 6.04 Å². The smallest absolute Gasteiger partial charge is 0.372 e. The maximum absolute atomic E-state index is 11.3. The van der Waals surface area contributed by atoms with Crippen LogP contribution < -0.4 is 10.1 Å². The lowest BCUT2D eigenvalue weighted by atomic mass is 10.2. The quantitative estimate of drug-likeness (QED) is 0.469. The Kier molecular flexibility index (Phi) is 5.09. The van der Waals surface area contributed by atoms with E-state index in [2.05, 4.69) is 15.3 Å². The number of rotatable bonds is 7. The van der Waals surface area contributed by atoms with E-state index >= 15 is 0 Å². The third-order valence-corrected chi connectivity index (χ3v) is 3.40. The van der Waals surface area contributed by atoms with Crippen LogP contribution in [0, 0.1) is 10.1 Å². The molecule has 0 aliphatic heterocycles. The topological polar surface area (TPSA) is 90.2 Å². The SMILES string of the molecule is CCCCOc1ncnc(NC2CCCC2)c1[N+](=O)[O-]. The van der Waals surface area contributed by atoms with Crippen LogP contribution in [-0.4, -0.2) is 27.5 Å². The number of hydrogen-bond donors (Lipinski definition) is 1. The van der Waals surface area contributed by atoms with E-state index in [0.717, 1.165) is 38.5 Å². The van der Waals surface area contributed by atoms with Gasteiger partial charge in [-0.2, -0.15) is 4.98 Å². The summed E-state index contributed by atoms with van der Waals surface area (Å²) in [6.45, 7) is 2.46. The minimum atomic E-state index is -0.474. The molecule has 1 N–H and O–H groups in total. The minimum absolute atomic E-state index is 0.0546. The second-order valence-electron chi connectivity index (χ2n) is 4.96. The van der Waals surface area contributed by atoms with Gasteiger partial charge in [0.15, 0.2) is 0 Å². The molecular weight excluding hydrogens is 260 g/mol. The number of nitrogens with zero attached hydrogens (tertiary/aromatic N) is 3. The predicted molar refractivity (Wildman–Crippen MR) is 75.0 cm³/mol. The predicted octanol–water partition coefficient (Wildman–Crippen LogP) is 2.92. The van der Waals surface area contributed by atoms with Crippen molar-refractivity contribution in [1.29, 1.82) is 0 Å². The molecule has 20 heavy (non-hydrogen) atoms. The molecule has 7 nitrogen and oxygen atoms in total. The van der Waals surface area contributed by atoms with E-state index in [9.17, 15) is 10.1 Å². The van der Waals surface area contributed by atoms with Crippen LogP contribution in [0.4, 0.5) is 11.5 Å². The van der Waals surface area contributed by atoms with Crippen molar-refractivity contribution in [3.63, 3.8) is 0 Å². The molecule has 0 atom stereocenters. The molecule has 0 amide bonds. The number of ether oxygens (including phenoxy) is 1. The zero-order valence-corrected chi connectivity index (χ0v) is 11.7. The monoisotopic (exact) mass is 280 g/mol. The zero-order valence-electron chi connectivity index (χ0n) is 11.7. The van der Waals surface area contributed by atoms with Gasteiger partial charge in [-0.05, 0) is 19.3 Å². The van der Waals surface area contributed by atoms with Crippen LogP contribution in [0.15, 0.2) is 6.33 Å². The third-order valence-electron chi connectivity index (χ3n) is 3.40. The molecular formula is C13H20N4O3. The fraction of sp³-hybridized carbons (Fsp3) is 0.692. The Morgan fingerprint density at radius 1 is 1.45 bits per heavy atom. The maximum Gasteiger partial charge on any atom is 0.372 e. The molecule has 0 bridgehead atoms. The van der Waals surface area contributed by atoms with Gasteiger partial charge in [-0.25, -0.2) is 4.98 Å². The molecule has 1 aromatic rings. The van der Waals surface area contributed by atoms with Gasteiger partial charge in [-0.3, -0.25) is 10.1 Å². The van der Waals surface area contributed by atoms with Gasteiger partial charge < -0.3 is 10.1 Å². The van der Waals surface area contributed by atoms with Gasteiger partial charge in [-0.15, -0.1) is 0 Å². The van der Waals surface area contributed by atoms with Crippen molar-refractivity contribution in [3.8, 4) is 5.88 Å². The fourth-order valence-corrected chi connectivity index (χ4v) is 2.32. The molecule has 1 aliphatic carbocycles. The molecule has 1 aliphatic rings. The minimum Gasteiger partial charge on any atom is -0.473 e. The van der Waals surface area contributed by atoms with Crippen LogP contribution >= 0.6 is 0 Å². The highest BCUT2D eigenvalue weighted by Crippen LogP contribution is 2.33. The van der Waals surface area contributed by atoms with Crippen LogP contribution in [0.1, 0.15) is 45.4 Å². The Balaban J connectivity index is 2.16. The van der Waals surface area contributed by atoms with Gasteiger partial charge >= 0.3 is 5.69 Å². The van der Waals surface area contributed by atoms with Crippen molar-refractivity contribution in [3.05, 3.63) is 16.4 Å². The Hall–Kier alpha value is -1.92. The molecule has 0 saturated heterocycles. The van der Waals surface area contributed by atoms with Crippen molar-refractivity contribution in [2.24, 2.45) is 0 Å². The number of anilines is 1. The largest absolute Gasteiger partial charge is 0.473 e. The standard InChI is InChI=1S/C13H20N4O3/c1-2-3-8-20-13-11(17(18)19)12(14-9-15-13)16-10-6-4-5-7-10/h9-10H,2-8H2,1H3,(H,14,15,16). The van der Waals surface area contributed by atoms with E-state index in [4.69, 9.17) is 4.74 Å². The van der Waals surface area contributed by atoms with Crippen LogP contribution in [0.2, 0.25) is 0 Å². The van der Waals surface area contributed by atoms with Crippen molar-refractivity contribution in [1.82, 2.24) is 9.97 Å². The second-order valence-corrected chi connectivity index (χ2v) is 4.96. The number of aromatic nitrogens is 2. The summed E-state index contributed by atoms with van der Waals surface area (Å²) < 4.78 is 5.41. The average molecular weight is 280 g/mol. The summed E-state index contributed by atoms with van der Waals surface area (Å²) in [5.41, 5.74) is -0.157. The summed E-state index contributed by atoms with van der Waals surface area (Å²) >= 11 is 0. The molecule has 0 spiro atoms. The fourth-order valence-electron chi connectivity index (χ4n) is 2.32. The molecule has 1 heterocycles. The Bertz CT molecular complexity index is 461. The third kappa shape index (κ3) is 3.55. The number of hydrogen-bond acceptors (Lipinski definition) is 6. The van der Waals surface area contributed by atoms with Crippen LogP contribution in [0.5, 0.6) is 5.88 Å². The number of unbranched alkanes of at least 4 members (excludes halogenated alkanes) is 1. The summed E-state index contributed by atoms with van der Waals surface area (Å²) in [6.07, 6.45) is 7.46. The first-order chi connectivity index (χ1) is 9.72. The lowest BCUT2D eigenvalue weighted by Gasteiger charge is -2.13. The second kappa shape index (κ2) is 7.02. The van der Waals surface area contributed by atoms with E-state index in [1.807, 2.05) is 6.92 Å². The van der Waals surface area contributed by atoms with Crippen molar-refractivity contribution in [2.45, 2.75) is 51.5 Å². The molecule has 0 unspecified atom stereocenters. The maximum atomic E-state index is 11.3. The van der Waals surface area contributed by atoms with Gasteiger partial charge in [0.2, 0.25) is 5.82 Å². The van der Waals surface area contributed by atoms with Gasteiger partial charge in [0.1, 0.15) is 6.33 Å². The van der Waals surface area contributed by atoms with Crippen molar-refractivity contribution < 1.29 is 9.66 Å². The normalized spacial score (nSPS) is 15.2. The number of nitrogens with one attached hydrogen (secondary N) is 1. The molecule has 0 aromatic carbocycles. The Morgan fingerprint density at radius 2 is 2.20 bits per heavy atom. The highest BCUT2D eigenvalue weighted by Gasteiger charge is 2.27. The highest BCUT2D eigenvalue weighted by atomic mass is 16.6. The molecule has 0 radical (unpaired) electrons. The Labute approximate surface area is 117 Å². The summed E-state index contributed by atoms with van der Waals surface area (Å²) in [7, 11) is 0. The molecule has 2 rings (SSSR count). The summed E-state index contributed by atoms with van der Waals surface area (Å²) in [5.74, 6) is 0.322. The lowest BCUT2D eigenvalue weighted by molar-refractivity contribution is -0.385. The highest BCUT2D eigenvalue weighted by molar-refractivity contribution is 5.61. The summed E-state index contributed by atoms with van der Waals surface area (Å²) in [5, 5.41) is 14.4. The molecule has 110 valence electrons. The molecule has 1 aromatic heterocycles. The summed E-state index contributed by atoms with van der Waals surface area (Å²) in [4.78, 5) is 18.7.